The highest BCUT2D eigenvalue weighted by atomic mass is 16.7. The number of para-hydroxylation sites is 1. The number of hydrogen-bond acceptors (Lipinski definition) is 8. The molecule has 1 saturated heterocycles. The maximum atomic E-state index is 13.1. The predicted molar refractivity (Wildman–Crippen MR) is 116 cm³/mol. The zero-order chi connectivity index (χ0) is 22.1. The molecule has 3 heterocycles. The van der Waals surface area contributed by atoms with E-state index in [-0.39, 0.29) is 25.7 Å². The summed E-state index contributed by atoms with van der Waals surface area (Å²) in [6, 6.07) is 12.2. The fourth-order valence-electron chi connectivity index (χ4n) is 4.14. The quantitative estimate of drug-likeness (QED) is 0.337. The summed E-state index contributed by atoms with van der Waals surface area (Å²) in [5, 5.41) is 12.2. The molecule has 32 heavy (non-hydrogen) atoms. The van der Waals surface area contributed by atoms with E-state index in [1.54, 1.807) is 6.07 Å². The molecule has 9 nitrogen and oxygen atoms in total. The summed E-state index contributed by atoms with van der Waals surface area (Å²) in [7, 11) is 0. The molecule has 2 aromatic carbocycles. The third-order valence-electron chi connectivity index (χ3n) is 5.67. The minimum absolute atomic E-state index is 0.0411. The number of non-ortho nitro benzene ring substituents is 1. The Hall–Kier alpha value is -3.72. The van der Waals surface area contributed by atoms with Gasteiger partial charge in [0.1, 0.15) is 23.7 Å². The van der Waals surface area contributed by atoms with E-state index in [9.17, 15) is 14.9 Å². The second-order valence-corrected chi connectivity index (χ2v) is 7.78. The highest BCUT2D eigenvalue weighted by molar-refractivity contribution is 5.99. The van der Waals surface area contributed by atoms with Gasteiger partial charge in [-0.1, -0.05) is 18.2 Å². The maximum absolute atomic E-state index is 13.1. The summed E-state index contributed by atoms with van der Waals surface area (Å²) in [5.74, 6) is 0.542. The second kappa shape index (κ2) is 8.43. The molecule has 0 bridgehead atoms. The van der Waals surface area contributed by atoms with E-state index in [2.05, 4.69) is 4.90 Å². The van der Waals surface area contributed by atoms with Crippen LogP contribution in [-0.2, 0) is 22.7 Å². The molecule has 0 spiro atoms. The smallest absolute Gasteiger partial charge is 0.342 e. The van der Waals surface area contributed by atoms with Crippen molar-refractivity contribution in [1.82, 2.24) is 4.98 Å². The summed E-state index contributed by atoms with van der Waals surface area (Å²) < 4.78 is 16.4. The summed E-state index contributed by atoms with van der Waals surface area (Å²) in [4.78, 5) is 30.8. The van der Waals surface area contributed by atoms with Gasteiger partial charge >= 0.3 is 5.97 Å². The van der Waals surface area contributed by atoms with Gasteiger partial charge in [-0.05, 0) is 25.0 Å². The molecule has 164 valence electrons. The molecule has 0 amide bonds. The average molecular weight is 435 g/mol. The van der Waals surface area contributed by atoms with Crippen LogP contribution in [0.3, 0.4) is 0 Å². The molecule has 9 heteroatoms. The zero-order valence-corrected chi connectivity index (χ0v) is 17.3. The third kappa shape index (κ3) is 3.82. The Morgan fingerprint density at radius 1 is 1.19 bits per heavy atom. The molecule has 0 radical (unpaired) electrons. The van der Waals surface area contributed by atoms with E-state index < -0.39 is 10.9 Å². The van der Waals surface area contributed by atoms with E-state index in [1.165, 1.54) is 12.1 Å². The number of carbonyl (C=O) groups excluding carboxylic acids is 1. The molecule has 1 fully saturated rings. The summed E-state index contributed by atoms with van der Waals surface area (Å²) in [6.45, 7) is 1.75. The van der Waals surface area contributed by atoms with Crippen LogP contribution in [0.15, 0.2) is 42.5 Å². The molecule has 1 aromatic heterocycles. The number of hydrogen-bond donors (Lipinski definition) is 0. The number of nitro groups is 1. The predicted octanol–water partition coefficient (Wildman–Crippen LogP) is 3.97. The van der Waals surface area contributed by atoms with Gasteiger partial charge in [-0.15, -0.1) is 0 Å². The van der Waals surface area contributed by atoms with Gasteiger partial charge in [-0.2, -0.15) is 0 Å². The van der Waals surface area contributed by atoms with E-state index >= 15 is 0 Å². The minimum atomic E-state index is -0.530. The largest absolute Gasteiger partial charge is 0.467 e. The molecule has 5 rings (SSSR count). The van der Waals surface area contributed by atoms with E-state index in [1.807, 2.05) is 24.3 Å². The zero-order valence-electron chi connectivity index (χ0n) is 17.3. The molecular formula is C23H21N3O6. The van der Waals surface area contributed by atoms with Crippen LogP contribution in [0.5, 0.6) is 5.75 Å². The van der Waals surface area contributed by atoms with Gasteiger partial charge in [0.25, 0.3) is 5.69 Å². The van der Waals surface area contributed by atoms with Crippen LogP contribution in [0.4, 0.5) is 11.5 Å². The van der Waals surface area contributed by atoms with Gasteiger partial charge in [0.2, 0.25) is 0 Å². The molecule has 0 N–H and O–H groups in total. The van der Waals surface area contributed by atoms with Gasteiger partial charge in [0.15, 0.2) is 6.79 Å². The second-order valence-electron chi connectivity index (χ2n) is 7.78. The molecule has 2 aliphatic rings. The number of esters is 1. The van der Waals surface area contributed by atoms with Crippen molar-refractivity contribution in [3.8, 4) is 5.75 Å². The highest BCUT2D eigenvalue weighted by Crippen LogP contribution is 2.34. The highest BCUT2D eigenvalue weighted by Gasteiger charge is 2.25. The Kier molecular flexibility index (Phi) is 5.32. The topological polar surface area (TPSA) is 104 Å². The van der Waals surface area contributed by atoms with Crippen molar-refractivity contribution >= 4 is 28.4 Å². The first-order valence-corrected chi connectivity index (χ1v) is 10.4. The van der Waals surface area contributed by atoms with E-state index in [4.69, 9.17) is 19.2 Å². The molecule has 0 aliphatic carbocycles. The lowest BCUT2D eigenvalue weighted by Gasteiger charge is -2.21. The Balaban J connectivity index is 1.46. The number of carbonyl (C=O) groups is 1. The molecule has 0 saturated carbocycles. The van der Waals surface area contributed by atoms with Crippen LogP contribution >= 0.6 is 0 Å². The number of anilines is 1. The maximum Gasteiger partial charge on any atom is 0.342 e. The number of benzene rings is 2. The molecule has 3 aromatic rings. The minimum Gasteiger partial charge on any atom is -0.467 e. The fraction of sp³-hybridized carbons (Fsp3) is 0.304. The van der Waals surface area contributed by atoms with Crippen molar-refractivity contribution in [3.05, 3.63) is 69.3 Å². The van der Waals surface area contributed by atoms with E-state index in [0.717, 1.165) is 36.8 Å². The lowest BCUT2D eigenvalue weighted by atomic mass is 10.1. The lowest BCUT2D eigenvalue weighted by molar-refractivity contribution is -0.385. The summed E-state index contributed by atoms with van der Waals surface area (Å²) >= 11 is 0. The fourth-order valence-corrected chi connectivity index (χ4v) is 4.14. The number of aromatic nitrogens is 1. The van der Waals surface area contributed by atoms with Crippen molar-refractivity contribution in [2.75, 3.05) is 24.8 Å². The SMILES string of the molecule is O=C(OCc1cc([N+](=O)[O-])cc2c1OCOC2)c1cc2ccccc2nc1N1CCCC1. The van der Waals surface area contributed by atoms with Crippen LogP contribution in [0.25, 0.3) is 10.9 Å². The average Bonchev–Trinajstić information content (AvgIpc) is 3.36. The van der Waals surface area contributed by atoms with Crippen LogP contribution in [0.2, 0.25) is 0 Å². The third-order valence-corrected chi connectivity index (χ3v) is 5.67. The van der Waals surface area contributed by atoms with Crippen LogP contribution in [-0.4, -0.2) is 35.8 Å². The Morgan fingerprint density at radius 3 is 2.81 bits per heavy atom. The van der Waals surface area contributed by atoms with Crippen LogP contribution in [0, 0.1) is 10.1 Å². The molecular weight excluding hydrogens is 414 g/mol. The van der Waals surface area contributed by atoms with Gasteiger partial charge in [-0.3, -0.25) is 10.1 Å². The van der Waals surface area contributed by atoms with Crippen LogP contribution < -0.4 is 9.64 Å². The Labute approximate surface area is 183 Å². The number of fused-ring (bicyclic) bond motifs is 2. The Morgan fingerprint density at radius 2 is 2.00 bits per heavy atom. The van der Waals surface area contributed by atoms with Crippen molar-refractivity contribution < 1.29 is 23.9 Å². The molecule has 0 unspecified atom stereocenters. The van der Waals surface area contributed by atoms with Gasteiger partial charge in [0.05, 0.1) is 17.0 Å². The first-order chi connectivity index (χ1) is 15.6. The first-order valence-electron chi connectivity index (χ1n) is 10.4. The normalized spacial score (nSPS) is 15.3. The van der Waals surface area contributed by atoms with Gasteiger partial charge in [-0.25, -0.2) is 9.78 Å². The number of nitro benzene ring substituents is 1. The van der Waals surface area contributed by atoms with Crippen molar-refractivity contribution in [3.63, 3.8) is 0 Å². The van der Waals surface area contributed by atoms with Crippen molar-refractivity contribution in [2.24, 2.45) is 0 Å². The monoisotopic (exact) mass is 435 g/mol. The summed E-state index contributed by atoms with van der Waals surface area (Å²) in [5.41, 5.74) is 2.08. The molecule has 0 atom stereocenters. The van der Waals surface area contributed by atoms with E-state index in [0.29, 0.717) is 28.3 Å². The van der Waals surface area contributed by atoms with Crippen molar-refractivity contribution in [1.29, 1.82) is 0 Å². The number of rotatable bonds is 5. The number of pyridine rings is 1. The number of nitrogens with zero attached hydrogens (tertiary/aromatic N) is 3. The molecule has 2 aliphatic heterocycles. The van der Waals surface area contributed by atoms with Gasteiger partial charge < -0.3 is 19.1 Å². The van der Waals surface area contributed by atoms with Gasteiger partial charge in [0, 0.05) is 41.7 Å². The number of ether oxygens (including phenoxy) is 3. The standard InChI is InChI=1S/C23H21N3O6/c27-23(31-13-17-10-18(26(28)29)9-16-12-30-14-32-21(16)17)19-11-15-5-1-2-6-20(15)24-22(19)25-7-3-4-8-25/h1-2,5-6,9-11H,3-4,7-8,12-14H2. The Bertz CT molecular complexity index is 1210. The van der Waals surface area contributed by atoms with Crippen LogP contribution in [0.1, 0.15) is 34.3 Å². The summed E-state index contributed by atoms with van der Waals surface area (Å²) in [6.07, 6.45) is 2.09. The lowest BCUT2D eigenvalue weighted by Crippen LogP contribution is -2.23. The first kappa shape index (κ1) is 20.2. The van der Waals surface area contributed by atoms with Crippen molar-refractivity contribution in [2.45, 2.75) is 26.1 Å².